The number of rotatable bonds is 7. The number of hydrogen-bond acceptors (Lipinski definition) is 1. The van der Waals surface area contributed by atoms with Crippen molar-refractivity contribution in [3.8, 4) is 0 Å². The number of halogens is 2. The maximum atomic E-state index is 13.5. The molecule has 0 heterocycles. The maximum absolute atomic E-state index is 13.5. The Bertz CT molecular complexity index is 427. The highest BCUT2D eigenvalue weighted by Gasteiger charge is 2.22. The molecule has 118 valence electrons. The molecule has 0 aliphatic heterocycles. The summed E-state index contributed by atoms with van der Waals surface area (Å²) >= 11 is 5.75. The van der Waals surface area contributed by atoms with Gasteiger partial charge in [0.15, 0.2) is 0 Å². The minimum absolute atomic E-state index is 0.224. The lowest BCUT2D eigenvalue weighted by molar-refractivity contribution is 0.140. The van der Waals surface area contributed by atoms with Crippen LogP contribution < -0.4 is 0 Å². The second-order valence-electron chi connectivity index (χ2n) is 6.08. The van der Waals surface area contributed by atoms with Crippen LogP contribution >= 0.6 is 11.6 Å². The number of ether oxygens (including phenoxy) is 1. The van der Waals surface area contributed by atoms with Gasteiger partial charge in [-0.15, -0.1) is 0 Å². The molecular formula is C18H26ClFO. The Balaban J connectivity index is 1.71. The van der Waals surface area contributed by atoms with Crippen molar-refractivity contribution in [1.82, 2.24) is 0 Å². The lowest BCUT2D eigenvalue weighted by atomic mass is 9.77. The van der Waals surface area contributed by atoms with Crippen molar-refractivity contribution in [1.29, 1.82) is 0 Å². The summed E-state index contributed by atoms with van der Waals surface area (Å²) in [5, 5.41) is 0.224. The summed E-state index contributed by atoms with van der Waals surface area (Å²) in [5.41, 5.74) is 1.12. The zero-order chi connectivity index (χ0) is 15.1. The number of unbranched alkanes of at least 4 members (excludes halogenated alkanes) is 1. The fraction of sp³-hybridized carbons (Fsp3) is 0.667. The Morgan fingerprint density at radius 3 is 2.62 bits per heavy atom. The van der Waals surface area contributed by atoms with E-state index in [1.165, 1.54) is 44.9 Å². The van der Waals surface area contributed by atoms with Gasteiger partial charge in [0.2, 0.25) is 0 Å². The van der Waals surface area contributed by atoms with Gasteiger partial charge in [0.1, 0.15) is 5.82 Å². The third-order valence-electron chi connectivity index (χ3n) is 4.62. The lowest BCUT2D eigenvalue weighted by Crippen LogP contribution is -2.13. The number of benzene rings is 1. The van der Waals surface area contributed by atoms with Crippen molar-refractivity contribution >= 4 is 11.6 Å². The van der Waals surface area contributed by atoms with E-state index in [9.17, 15) is 4.39 Å². The standard InChI is InChI=1S/C18H26ClFO/c1-2-21-12-4-3-5-14-6-8-15(9-7-14)16-10-11-17(19)18(20)13-16/h10-11,13-15H,2-9,12H2,1H3/t14-,15-. The average molecular weight is 313 g/mol. The molecule has 21 heavy (non-hydrogen) atoms. The third kappa shape index (κ3) is 5.27. The quantitative estimate of drug-likeness (QED) is 0.564. The molecule has 1 aromatic carbocycles. The van der Waals surface area contributed by atoms with Gasteiger partial charge in [0.05, 0.1) is 5.02 Å². The van der Waals surface area contributed by atoms with Gasteiger partial charge < -0.3 is 4.74 Å². The van der Waals surface area contributed by atoms with Crippen molar-refractivity contribution in [2.75, 3.05) is 13.2 Å². The summed E-state index contributed by atoms with van der Waals surface area (Å²) in [7, 11) is 0. The molecule has 0 spiro atoms. The number of hydrogen-bond donors (Lipinski definition) is 0. The first kappa shape index (κ1) is 16.8. The second kappa shape index (κ2) is 8.75. The average Bonchev–Trinajstić information content (AvgIpc) is 2.50. The molecule has 1 aliphatic carbocycles. The van der Waals surface area contributed by atoms with Crippen LogP contribution in [0.15, 0.2) is 18.2 Å². The van der Waals surface area contributed by atoms with Crippen LogP contribution in [0.4, 0.5) is 4.39 Å². The fourth-order valence-electron chi connectivity index (χ4n) is 3.33. The maximum Gasteiger partial charge on any atom is 0.142 e. The molecule has 1 fully saturated rings. The first-order chi connectivity index (χ1) is 10.2. The lowest BCUT2D eigenvalue weighted by Gasteiger charge is -2.29. The molecule has 2 rings (SSSR count). The molecule has 0 aromatic heterocycles. The Hall–Kier alpha value is -0.600. The van der Waals surface area contributed by atoms with Crippen LogP contribution in [-0.2, 0) is 4.74 Å². The summed E-state index contributed by atoms with van der Waals surface area (Å²) < 4.78 is 18.9. The molecule has 1 saturated carbocycles. The van der Waals surface area contributed by atoms with Crippen LogP contribution in [0, 0.1) is 11.7 Å². The van der Waals surface area contributed by atoms with Crippen molar-refractivity contribution in [3.05, 3.63) is 34.6 Å². The van der Waals surface area contributed by atoms with E-state index in [0.717, 1.165) is 24.7 Å². The van der Waals surface area contributed by atoms with Gasteiger partial charge in [-0.2, -0.15) is 0 Å². The van der Waals surface area contributed by atoms with Crippen LogP contribution in [0.1, 0.15) is 63.4 Å². The van der Waals surface area contributed by atoms with Crippen LogP contribution in [0.2, 0.25) is 5.02 Å². The molecule has 1 nitrogen and oxygen atoms in total. The highest BCUT2D eigenvalue weighted by atomic mass is 35.5. The largest absolute Gasteiger partial charge is 0.382 e. The van der Waals surface area contributed by atoms with E-state index in [1.54, 1.807) is 12.1 Å². The molecule has 0 bridgehead atoms. The van der Waals surface area contributed by atoms with Crippen LogP contribution in [0.3, 0.4) is 0 Å². The molecule has 3 heteroatoms. The first-order valence-electron chi connectivity index (χ1n) is 8.23. The second-order valence-corrected chi connectivity index (χ2v) is 6.49. The van der Waals surface area contributed by atoms with Crippen LogP contribution in [0.5, 0.6) is 0 Å². The minimum Gasteiger partial charge on any atom is -0.382 e. The monoisotopic (exact) mass is 312 g/mol. The SMILES string of the molecule is CCOCCCC[C@H]1CC[C@H](c2ccc(Cl)c(F)c2)CC1. The summed E-state index contributed by atoms with van der Waals surface area (Å²) in [6.45, 7) is 3.76. The summed E-state index contributed by atoms with van der Waals surface area (Å²) in [4.78, 5) is 0. The third-order valence-corrected chi connectivity index (χ3v) is 4.92. The molecule has 1 aliphatic rings. The predicted octanol–water partition coefficient (Wildman–Crippen LogP) is 5.96. The molecule has 1 aromatic rings. The Kier molecular flexibility index (Phi) is 6.98. The van der Waals surface area contributed by atoms with E-state index in [0.29, 0.717) is 5.92 Å². The van der Waals surface area contributed by atoms with E-state index in [-0.39, 0.29) is 10.8 Å². The van der Waals surface area contributed by atoms with E-state index in [4.69, 9.17) is 16.3 Å². The van der Waals surface area contributed by atoms with Gasteiger partial charge in [-0.1, -0.05) is 30.5 Å². The Morgan fingerprint density at radius 1 is 1.19 bits per heavy atom. The molecule has 0 N–H and O–H groups in total. The summed E-state index contributed by atoms with van der Waals surface area (Å²) in [5.74, 6) is 1.07. The minimum atomic E-state index is -0.285. The molecule has 0 unspecified atom stereocenters. The molecule has 0 atom stereocenters. The van der Waals surface area contributed by atoms with Gasteiger partial charge in [0.25, 0.3) is 0 Å². The zero-order valence-electron chi connectivity index (χ0n) is 12.9. The van der Waals surface area contributed by atoms with Gasteiger partial charge in [0, 0.05) is 13.2 Å². The smallest absolute Gasteiger partial charge is 0.142 e. The first-order valence-corrected chi connectivity index (χ1v) is 8.61. The van der Waals surface area contributed by atoms with Crippen molar-refractivity contribution in [2.45, 2.75) is 57.8 Å². The van der Waals surface area contributed by atoms with Crippen LogP contribution in [-0.4, -0.2) is 13.2 Å². The topological polar surface area (TPSA) is 9.23 Å². The van der Waals surface area contributed by atoms with E-state index < -0.39 is 0 Å². The highest BCUT2D eigenvalue weighted by molar-refractivity contribution is 6.30. The normalized spacial score (nSPS) is 22.4. The fourth-order valence-corrected chi connectivity index (χ4v) is 3.45. The van der Waals surface area contributed by atoms with E-state index >= 15 is 0 Å². The molecule has 0 saturated heterocycles. The van der Waals surface area contributed by atoms with Gasteiger partial charge in [-0.3, -0.25) is 0 Å². The highest BCUT2D eigenvalue weighted by Crippen LogP contribution is 2.38. The van der Waals surface area contributed by atoms with Gasteiger partial charge >= 0.3 is 0 Å². The summed E-state index contributed by atoms with van der Waals surface area (Å²) in [6.07, 6.45) is 8.65. The van der Waals surface area contributed by atoms with Crippen molar-refractivity contribution in [2.24, 2.45) is 5.92 Å². The Morgan fingerprint density at radius 2 is 1.95 bits per heavy atom. The van der Waals surface area contributed by atoms with Gasteiger partial charge in [-0.05, 0) is 68.6 Å². The van der Waals surface area contributed by atoms with Gasteiger partial charge in [-0.25, -0.2) is 4.39 Å². The molecule has 0 radical (unpaired) electrons. The summed E-state index contributed by atoms with van der Waals surface area (Å²) in [6, 6.07) is 5.29. The van der Waals surface area contributed by atoms with E-state index in [2.05, 4.69) is 0 Å². The molecule has 0 amide bonds. The Labute approximate surface area is 132 Å². The van der Waals surface area contributed by atoms with Crippen molar-refractivity contribution < 1.29 is 9.13 Å². The predicted molar refractivity (Wildman–Crippen MR) is 86.5 cm³/mol. The van der Waals surface area contributed by atoms with Crippen molar-refractivity contribution in [3.63, 3.8) is 0 Å². The zero-order valence-corrected chi connectivity index (χ0v) is 13.7. The van der Waals surface area contributed by atoms with E-state index in [1.807, 2.05) is 13.0 Å². The van der Waals surface area contributed by atoms with Crippen LogP contribution in [0.25, 0.3) is 0 Å². The molecular weight excluding hydrogens is 287 g/mol.